The molecule has 0 amide bonds. The lowest BCUT2D eigenvalue weighted by atomic mass is 10.2. The zero-order chi connectivity index (χ0) is 11.1. The molecule has 84 valence electrons. The van der Waals surface area contributed by atoms with E-state index in [9.17, 15) is 0 Å². The molecule has 0 fully saturated rings. The summed E-state index contributed by atoms with van der Waals surface area (Å²) in [7, 11) is 0. The summed E-state index contributed by atoms with van der Waals surface area (Å²) in [4.78, 5) is 0. The molecule has 2 N–H and O–H groups in total. The van der Waals surface area contributed by atoms with E-state index in [0.717, 1.165) is 28.8 Å². The first kappa shape index (κ1) is 12.5. The van der Waals surface area contributed by atoms with Gasteiger partial charge in [0.25, 0.3) is 0 Å². The number of unbranched alkanes of at least 4 members (excludes halogenated alkanes) is 2. The fourth-order valence-electron chi connectivity index (χ4n) is 1.37. The van der Waals surface area contributed by atoms with Crippen molar-refractivity contribution in [2.75, 3.05) is 6.61 Å². The van der Waals surface area contributed by atoms with Crippen molar-refractivity contribution >= 4 is 15.9 Å². The van der Waals surface area contributed by atoms with Gasteiger partial charge in [0.1, 0.15) is 5.75 Å². The molecule has 1 aromatic rings. The summed E-state index contributed by atoms with van der Waals surface area (Å²) in [6.07, 6.45) is 3.53. The Bertz CT molecular complexity index is 302. The summed E-state index contributed by atoms with van der Waals surface area (Å²) < 4.78 is 6.73. The van der Waals surface area contributed by atoms with Gasteiger partial charge in [0, 0.05) is 16.6 Å². The lowest BCUT2D eigenvalue weighted by Crippen LogP contribution is -2.03. The molecule has 0 aliphatic carbocycles. The minimum atomic E-state index is 0.524. The van der Waals surface area contributed by atoms with Crippen molar-refractivity contribution in [3.05, 3.63) is 28.2 Å². The van der Waals surface area contributed by atoms with E-state index < -0.39 is 0 Å². The fourth-order valence-corrected chi connectivity index (χ4v) is 1.71. The Morgan fingerprint density at radius 2 is 2.13 bits per heavy atom. The maximum absolute atomic E-state index is 5.70. The van der Waals surface area contributed by atoms with Gasteiger partial charge in [-0.05, 0) is 18.6 Å². The van der Waals surface area contributed by atoms with Gasteiger partial charge >= 0.3 is 0 Å². The molecule has 0 saturated carbocycles. The summed E-state index contributed by atoms with van der Waals surface area (Å²) in [6, 6.07) is 5.97. The highest BCUT2D eigenvalue weighted by Gasteiger charge is 2.02. The van der Waals surface area contributed by atoms with Crippen LogP contribution in [0.15, 0.2) is 22.7 Å². The smallest absolute Gasteiger partial charge is 0.124 e. The van der Waals surface area contributed by atoms with E-state index in [4.69, 9.17) is 10.5 Å². The summed E-state index contributed by atoms with van der Waals surface area (Å²) in [5.41, 5.74) is 6.70. The van der Waals surface area contributed by atoms with Crippen molar-refractivity contribution in [1.82, 2.24) is 0 Å². The van der Waals surface area contributed by atoms with Crippen LogP contribution in [0.2, 0.25) is 0 Å². The number of halogens is 1. The van der Waals surface area contributed by atoms with E-state index in [0.29, 0.717) is 6.54 Å². The first-order valence-corrected chi connectivity index (χ1v) is 6.18. The van der Waals surface area contributed by atoms with Gasteiger partial charge in [-0.25, -0.2) is 0 Å². The van der Waals surface area contributed by atoms with Gasteiger partial charge in [-0.2, -0.15) is 0 Å². The normalized spacial score (nSPS) is 10.3. The molecule has 2 nitrogen and oxygen atoms in total. The van der Waals surface area contributed by atoms with Crippen LogP contribution in [0, 0.1) is 0 Å². The van der Waals surface area contributed by atoms with Crippen molar-refractivity contribution in [1.29, 1.82) is 0 Å². The summed E-state index contributed by atoms with van der Waals surface area (Å²) in [6.45, 7) is 3.48. The standard InChI is InChI=1S/C12H18BrNO/c1-2-3-4-7-15-12-8-11(13)6-5-10(12)9-14/h5-6,8H,2-4,7,9,14H2,1H3. The molecule has 0 aliphatic rings. The molecule has 1 aromatic carbocycles. The van der Waals surface area contributed by atoms with Crippen LogP contribution in [0.1, 0.15) is 31.7 Å². The number of hydrogen-bond acceptors (Lipinski definition) is 2. The van der Waals surface area contributed by atoms with Crippen molar-refractivity contribution in [2.45, 2.75) is 32.7 Å². The third kappa shape index (κ3) is 4.22. The van der Waals surface area contributed by atoms with Crippen LogP contribution < -0.4 is 10.5 Å². The highest BCUT2D eigenvalue weighted by molar-refractivity contribution is 9.10. The molecule has 0 aromatic heterocycles. The summed E-state index contributed by atoms with van der Waals surface area (Å²) in [5.74, 6) is 0.906. The van der Waals surface area contributed by atoms with E-state index in [1.54, 1.807) is 0 Å². The highest BCUT2D eigenvalue weighted by atomic mass is 79.9. The first-order valence-electron chi connectivity index (χ1n) is 5.39. The molecule has 0 unspecified atom stereocenters. The summed E-state index contributed by atoms with van der Waals surface area (Å²) >= 11 is 3.43. The average Bonchev–Trinajstić information content (AvgIpc) is 2.25. The molecule has 3 heteroatoms. The Balaban J connectivity index is 2.54. The molecular formula is C12H18BrNO. The maximum atomic E-state index is 5.70. The number of benzene rings is 1. The third-order valence-electron chi connectivity index (χ3n) is 2.25. The second-order valence-corrected chi connectivity index (χ2v) is 4.43. The minimum absolute atomic E-state index is 0.524. The van der Waals surface area contributed by atoms with Crippen LogP contribution >= 0.6 is 15.9 Å². The second kappa shape index (κ2) is 6.85. The van der Waals surface area contributed by atoms with Crippen LogP contribution in [-0.4, -0.2) is 6.61 Å². The largest absolute Gasteiger partial charge is 0.493 e. The second-order valence-electron chi connectivity index (χ2n) is 3.51. The van der Waals surface area contributed by atoms with E-state index in [1.165, 1.54) is 12.8 Å². The highest BCUT2D eigenvalue weighted by Crippen LogP contribution is 2.23. The Morgan fingerprint density at radius 3 is 2.80 bits per heavy atom. The van der Waals surface area contributed by atoms with Crippen LogP contribution in [0.3, 0.4) is 0 Å². The van der Waals surface area contributed by atoms with Crippen molar-refractivity contribution < 1.29 is 4.74 Å². The lowest BCUT2D eigenvalue weighted by molar-refractivity contribution is 0.303. The number of rotatable bonds is 6. The molecule has 1 rings (SSSR count). The topological polar surface area (TPSA) is 35.2 Å². The SMILES string of the molecule is CCCCCOc1cc(Br)ccc1CN. The van der Waals surface area contributed by atoms with Gasteiger partial charge in [-0.15, -0.1) is 0 Å². The number of nitrogens with two attached hydrogens (primary N) is 1. The Kier molecular flexibility index (Phi) is 5.73. The van der Waals surface area contributed by atoms with Crippen LogP contribution in [0.25, 0.3) is 0 Å². The molecule has 0 atom stereocenters. The molecular weight excluding hydrogens is 254 g/mol. The fraction of sp³-hybridized carbons (Fsp3) is 0.500. The van der Waals surface area contributed by atoms with Crippen LogP contribution in [-0.2, 0) is 6.54 Å². The molecule has 0 bridgehead atoms. The molecule has 0 aliphatic heterocycles. The van der Waals surface area contributed by atoms with Gasteiger partial charge in [0.2, 0.25) is 0 Å². The Hall–Kier alpha value is -0.540. The van der Waals surface area contributed by atoms with Crippen molar-refractivity contribution in [3.8, 4) is 5.75 Å². The minimum Gasteiger partial charge on any atom is -0.493 e. The van der Waals surface area contributed by atoms with Gasteiger partial charge < -0.3 is 10.5 Å². The number of hydrogen-bond donors (Lipinski definition) is 1. The predicted molar refractivity (Wildman–Crippen MR) is 67.1 cm³/mol. The van der Waals surface area contributed by atoms with E-state index in [-0.39, 0.29) is 0 Å². The average molecular weight is 272 g/mol. The molecule has 0 spiro atoms. The predicted octanol–water partition coefficient (Wildman–Crippen LogP) is 3.48. The molecule has 0 heterocycles. The monoisotopic (exact) mass is 271 g/mol. The molecule has 15 heavy (non-hydrogen) atoms. The van der Waals surface area contributed by atoms with Gasteiger partial charge in [0.15, 0.2) is 0 Å². The summed E-state index contributed by atoms with van der Waals surface area (Å²) in [5, 5.41) is 0. The Morgan fingerprint density at radius 1 is 1.33 bits per heavy atom. The van der Waals surface area contributed by atoms with Gasteiger partial charge in [-0.3, -0.25) is 0 Å². The van der Waals surface area contributed by atoms with Gasteiger partial charge in [-0.1, -0.05) is 41.8 Å². The maximum Gasteiger partial charge on any atom is 0.124 e. The third-order valence-corrected chi connectivity index (χ3v) is 2.75. The molecule has 0 radical (unpaired) electrons. The number of ether oxygens (including phenoxy) is 1. The van der Waals surface area contributed by atoms with Crippen LogP contribution in [0.5, 0.6) is 5.75 Å². The Labute approximate surface area is 99.9 Å². The van der Waals surface area contributed by atoms with E-state index in [1.807, 2.05) is 18.2 Å². The van der Waals surface area contributed by atoms with Crippen LogP contribution in [0.4, 0.5) is 0 Å². The van der Waals surface area contributed by atoms with Gasteiger partial charge in [0.05, 0.1) is 6.61 Å². The van der Waals surface area contributed by atoms with E-state index >= 15 is 0 Å². The molecule has 0 saturated heterocycles. The van der Waals surface area contributed by atoms with E-state index in [2.05, 4.69) is 22.9 Å². The van der Waals surface area contributed by atoms with Crippen molar-refractivity contribution in [2.24, 2.45) is 5.73 Å². The first-order chi connectivity index (χ1) is 7.27. The zero-order valence-corrected chi connectivity index (χ0v) is 10.7. The van der Waals surface area contributed by atoms with Crippen molar-refractivity contribution in [3.63, 3.8) is 0 Å². The quantitative estimate of drug-likeness (QED) is 0.805. The zero-order valence-electron chi connectivity index (χ0n) is 9.13. The lowest BCUT2D eigenvalue weighted by Gasteiger charge is -2.10.